The summed E-state index contributed by atoms with van der Waals surface area (Å²) in [7, 11) is 0. The minimum Gasteiger partial charge on any atom is -0.352 e. The third kappa shape index (κ3) is 13.5. The SMILES string of the molecule is CC(C)(C)C(=O)CCCCC(=O)NCC(=O)NC(CCCNC(N)=O)C(=O)C(C)(C)C. The quantitative estimate of drug-likeness (QED) is 0.323. The molecule has 1 unspecified atom stereocenters. The van der Waals surface area contributed by atoms with Gasteiger partial charge in [0.15, 0.2) is 5.78 Å². The summed E-state index contributed by atoms with van der Waals surface area (Å²) in [4.78, 5) is 59.4. The van der Waals surface area contributed by atoms with Crippen LogP contribution in [-0.4, -0.2) is 48.5 Å². The molecule has 9 nitrogen and oxygen atoms in total. The lowest BCUT2D eigenvalue weighted by Crippen LogP contribution is -2.49. The molecule has 0 aliphatic rings. The van der Waals surface area contributed by atoms with Crippen molar-refractivity contribution in [3.05, 3.63) is 0 Å². The van der Waals surface area contributed by atoms with Crippen molar-refractivity contribution in [2.75, 3.05) is 13.1 Å². The van der Waals surface area contributed by atoms with Crippen molar-refractivity contribution in [2.24, 2.45) is 16.6 Å². The Balaban J connectivity index is 4.44. The lowest BCUT2D eigenvalue weighted by atomic mass is 9.85. The lowest BCUT2D eigenvalue weighted by Gasteiger charge is -2.25. The molecule has 1 atom stereocenters. The third-order valence-corrected chi connectivity index (χ3v) is 4.70. The fraction of sp³-hybridized carbons (Fsp3) is 0.773. The third-order valence-electron chi connectivity index (χ3n) is 4.70. The predicted molar refractivity (Wildman–Crippen MR) is 119 cm³/mol. The Bertz CT molecular complexity index is 647. The van der Waals surface area contributed by atoms with E-state index in [-0.39, 0.29) is 35.9 Å². The van der Waals surface area contributed by atoms with Gasteiger partial charge in [0.05, 0.1) is 12.6 Å². The molecule has 4 amide bonds. The molecule has 0 aromatic heterocycles. The summed E-state index contributed by atoms with van der Waals surface area (Å²) in [5.74, 6) is -0.702. The number of nitrogens with two attached hydrogens (primary N) is 1. The summed E-state index contributed by atoms with van der Waals surface area (Å²) in [6, 6.07) is -1.37. The van der Waals surface area contributed by atoms with Gasteiger partial charge in [-0.25, -0.2) is 4.79 Å². The molecule has 31 heavy (non-hydrogen) atoms. The Morgan fingerprint density at radius 1 is 0.774 bits per heavy atom. The zero-order chi connectivity index (χ0) is 24.2. The number of amides is 4. The molecule has 0 aliphatic carbocycles. The molecule has 0 radical (unpaired) electrons. The van der Waals surface area contributed by atoms with Gasteiger partial charge in [-0.3, -0.25) is 19.2 Å². The van der Waals surface area contributed by atoms with Crippen molar-refractivity contribution in [1.82, 2.24) is 16.0 Å². The van der Waals surface area contributed by atoms with Crippen LogP contribution in [-0.2, 0) is 19.2 Å². The van der Waals surface area contributed by atoms with Gasteiger partial charge in [0.2, 0.25) is 11.8 Å². The van der Waals surface area contributed by atoms with Crippen molar-refractivity contribution in [2.45, 2.75) is 86.1 Å². The maximum atomic E-state index is 12.6. The molecule has 0 aliphatic heterocycles. The van der Waals surface area contributed by atoms with Crippen LogP contribution in [0.4, 0.5) is 4.79 Å². The van der Waals surface area contributed by atoms with Crippen LogP contribution in [0.15, 0.2) is 0 Å². The summed E-state index contributed by atoms with van der Waals surface area (Å²) >= 11 is 0. The number of nitrogens with one attached hydrogen (secondary N) is 3. The molecular weight excluding hydrogens is 400 g/mol. The fourth-order valence-corrected chi connectivity index (χ4v) is 2.77. The molecule has 0 aromatic rings. The Kier molecular flexibility index (Phi) is 12.0. The van der Waals surface area contributed by atoms with Crippen LogP contribution in [0, 0.1) is 10.8 Å². The standard InChI is InChI=1S/C22H40N4O5/c1-21(2,3)16(27)11-7-8-12-17(28)25-14-18(29)26-15(19(30)22(4,5)6)10-9-13-24-20(23)31/h15H,7-14H2,1-6H3,(H,25,28)(H,26,29)(H3,23,24,31). The number of carbonyl (C=O) groups excluding carboxylic acids is 5. The molecular formula is C22H40N4O5. The molecule has 0 aromatic carbocycles. The number of ketones is 2. The van der Waals surface area contributed by atoms with Crippen molar-refractivity contribution >= 4 is 29.4 Å². The first-order chi connectivity index (χ1) is 14.1. The second-order valence-electron chi connectivity index (χ2n) is 9.82. The number of rotatable bonds is 13. The molecule has 0 rings (SSSR count). The van der Waals surface area contributed by atoms with Crippen LogP contribution >= 0.6 is 0 Å². The van der Waals surface area contributed by atoms with Crippen LogP contribution < -0.4 is 21.7 Å². The largest absolute Gasteiger partial charge is 0.352 e. The predicted octanol–water partition coefficient (Wildman–Crippen LogP) is 1.83. The highest BCUT2D eigenvalue weighted by Gasteiger charge is 2.30. The minimum absolute atomic E-state index is 0.130. The van der Waals surface area contributed by atoms with Gasteiger partial charge < -0.3 is 21.7 Å². The fourth-order valence-electron chi connectivity index (χ4n) is 2.77. The van der Waals surface area contributed by atoms with Crippen LogP contribution in [0.5, 0.6) is 0 Å². The maximum absolute atomic E-state index is 12.6. The van der Waals surface area contributed by atoms with E-state index in [4.69, 9.17) is 5.73 Å². The van der Waals surface area contributed by atoms with E-state index in [2.05, 4.69) is 16.0 Å². The van der Waals surface area contributed by atoms with Gasteiger partial charge >= 0.3 is 6.03 Å². The smallest absolute Gasteiger partial charge is 0.312 e. The number of carbonyl (C=O) groups is 5. The molecule has 9 heteroatoms. The van der Waals surface area contributed by atoms with Crippen molar-refractivity contribution < 1.29 is 24.0 Å². The van der Waals surface area contributed by atoms with E-state index in [1.165, 1.54) is 0 Å². The van der Waals surface area contributed by atoms with Crippen molar-refractivity contribution in [3.8, 4) is 0 Å². The summed E-state index contributed by atoms with van der Waals surface area (Å²) in [6.45, 7) is 11.0. The summed E-state index contributed by atoms with van der Waals surface area (Å²) in [5.41, 5.74) is 3.99. The normalized spacial score (nSPS) is 12.6. The molecule has 0 saturated heterocycles. The topological polar surface area (TPSA) is 147 Å². The van der Waals surface area contributed by atoms with Crippen molar-refractivity contribution in [3.63, 3.8) is 0 Å². The van der Waals surface area contributed by atoms with Gasteiger partial charge in [0.1, 0.15) is 5.78 Å². The Hall–Kier alpha value is -2.45. The zero-order valence-corrected chi connectivity index (χ0v) is 19.9. The highest BCUT2D eigenvalue weighted by Crippen LogP contribution is 2.19. The van der Waals surface area contributed by atoms with E-state index in [1.54, 1.807) is 20.8 Å². The van der Waals surface area contributed by atoms with E-state index in [9.17, 15) is 24.0 Å². The molecule has 0 spiro atoms. The molecule has 0 fully saturated rings. The average molecular weight is 441 g/mol. The lowest BCUT2D eigenvalue weighted by molar-refractivity contribution is -0.132. The number of Topliss-reactive ketones (excluding diaryl/α,β-unsaturated/α-hetero) is 2. The van der Waals surface area contributed by atoms with Gasteiger partial charge in [0.25, 0.3) is 0 Å². The zero-order valence-electron chi connectivity index (χ0n) is 19.9. The van der Waals surface area contributed by atoms with E-state index >= 15 is 0 Å². The molecule has 5 N–H and O–H groups in total. The maximum Gasteiger partial charge on any atom is 0.312 e. The number of urea groups is 1. The second-order valence-corrected chi connectivity index (χ2v) is 9.82. The van der Waals surface area contributed by atoms with E-state index in [0.29, 0.717) is 38.6 Å². The Morgan fingerprint density at radius 2 is 1.35 bits per heavy atom. The number of hydrogen-bond acceptors (Lipinski definition) is 5. The van der Waals surface area contributed by atoms with E-state index < -0.39 is 23.4 Å². The van der Waals surface area contributed by atoms with E-state index in [1.807, 2.05) is 20.8 Å². The second kappa shape index (κ2) is 13.1. The van der Waals surface area contributed by atoms with Crippen molar-refractivity contribution in [1.29, 1.82) is 0 Å². The molecule has 0 saturated carbocycles. The van der Waals surface area contributed by atoms with Crippen LogP contribution in [0.1, 0.15) is 80.1 Å². The average Bonchev–Trinajstić information content (AvgIpc) is 2.63. The highest BCUT2D eigenvalue weighted by molar-refractivity contribution is 5.93. The first-order valence-corrected chi connectivity index (χ1v) is 10.8. The van der Waals surface area contributed by atoms with E-state index in [0.717, 1.165) is 0 Å². The van der Waals surface area contributed by atoms with Gasteiger partial charge in [-0.1, -0.05) is 41.5 Å². The number of unbranched alkanes of at least 4 members (excludes halogenated alkanes) is 1. The summed E-state index contributed by atoms with van der Waals surface area (Å²) < 4.78 is 0. The first kappa shape index (κ1) is 28.5. The van der Waals surface area contributed by atoms with Gasteiger partial charge in [-0.15, -0.1) is 0 Å². The monoisotopic (exact) mass is 440 g/mol. The molecule has 0 bridgehead atoms. The first-order valence-electron chi connectivity index (χ1n) is 10.8. The van der Waals surface area contributed by atoms with Crippen LogP contribution in [0.25, 0.3) is 0 Å². The molecule has 178 valence electrons. The Labute approximate surface area is 185 Å². The Morgan fingerprint density at radius 3 is 1.87 bits per heavy atom. The van der Waals surface area contributed by atoms with Crippen LogP contribution in [0.3, 0.4) is 0 Å². The van der Waals surface area contributed by atoms with Crippen LogP contribution in [0.2, 0.25) is 0 Å². The van der Waals surface area contributed by atoms with Gasteiger partial charge in [-0.05, 0) is 25.7 Å². The minimum atomic E-state index is -0.720. The van der Waals surface area contributed by atoms with Gasteiger partial charge in [-0.2, -0.15) is 0 Å². The summed E-state index contributed by atoms with van der Waals surface area (Å²) in [6.07, 6.45) is 2.66. The summed E-state index contributed by atoms with van der Waals surface area (Å²) in [5, 5.41) is 7.67. The number of primary amides is 1. The number of hydrogen-bond donors (Lipinski definition) is 4. The highest BCUT2D eigenvalue weighted by atomic mass is 16.2. The molecule has 0 heterocycles. The van der Waals surface area contributed by atoms with Gasteiger partial charge in [0, 0.05) is 30.2 Å².